The molecule has 0 aliphatic heterocycles. The molecule has 0 N–H and O–H groups in total. The van der Waals surface area contributed by atoms with Crippen LogP contribution >= 0.6 is 23.2 Å². The highest BCUT2D eigenvalue weighted by atomic mass is 35.5. The van der Waals surface area contributed by atoms with Gasteiger partial charge in [-0.3, -0.25) is 9.59 Å². The molecule has 0 saturated carbocycles. The molecule has 2 rings (SSSR count). The standard InChI is InChI=1S/C19H20Cl2O4/c1-12(2)11-24-17(22)8-5-9-18(23)25-19-14-7-4-3-6-13(14)15(20)10-16(19)21/h3-4,6-7,10,12H,5,8-9,11H2,1-2H3. The van der Waals surface area contributed by atoms with Crippen molar-refractivity contribution in [2.45, 2.75) is 33.1 Å². The second-order valence-electron chi connectivity index (χ2n) is 6.12. The van der Waals surface area contributed by atoms with Crippen LogP contribution in [0.2, 0.25) is 10.0 Å². The van der Waals surface area contributed by atoms with Crippen LogP contribution in [0, 0.1) is 5.92 Å². The summed E-state index contributed by atoms with van der Waals surface area (Å²) in [6.07, 6.45) is 0.639. The van der Waals surface area contributed by atoms with E-state index in [0.717, 1.165) is 5.39 Å². The highest BCUT2D eigenvalue weighted by Crippen LogP contribution is 2.38. The molecule has 0 amide bonds. The molecule has 0 spiro atoms. The van der Waals surface area contributed by atoms with Crippen LogP contribution in [0.3, 0.4) is 0 Å². The van der Waals surface area contributed by atoms with Gasteiger partial charge in [0.25, 0.3) is 0 Å². The predicted molar refractivity (Wildman–Crippen MR) is 99.3 cm³/mol. The van der Waals surface area contributed by atoms with Crippen molar-refractivity contribution in [1.29, 1.82) is 0 Å². The first-order valence-corrected chi connectivity index (χ1v) is 8.87. The number of carbonyl (C=O) groups is 2. The van der Waals surface area contributed by atoms with Gasteiger partial charge < -0.3 is 9.47 Å². The molecule has 0 unspecified atom stereocenters. The summed E-state index contributed by atoms with van der Waals surface area (Å²) in [6.45, 7) is 4.31. The lowest BCUT2D eigenvalue weighted by Gasteiger charge is -2.11. The minimum Gasteiger partial charge on any atom is -0.465 e. The number of ether oxygens (including phenoxy) is 2. The lowest BCUT2D eigenvalue weighted by atomic mass is 10.1. The minimum atomic E-state index is -0.453. The van der Waals surface area contributed by atoms with Crippen LogP contribution in [-0.2, 0) is 14.3 Å². The van der Waals surface area contributed by atoms with E-state index in [-0.39, 0.29) is 35.5 Å². The summed E-state index contributed by atoms with van der Waals surface area (Å²) in [4.78, 5) is 23.6. The molecule has 0 aliphatic carbocycles. The van der Waals surface area contributed by atoms with Crippen molar-refractivity contribution < 1.29 is 19.1 Å². The van der Waals surface area contributed by atoms with Crippen LogP contribution in [0.1, 0.15) is 33.1 Å². The zero-order valence-corrected chi connectivity index (χ0v) is 15.7. The van der Waals surface area contributed by atoms with Gasteiger partial charge in [-0.05, 0) is 18.4 Å². The van der Waals surface area contributed by atoms with E-state index < -0.39 is 5.97 Å². The van der Waals surface area contributed by atoms with Gasteiger partial charge >= 0.3 is 11.9 Å². The summed E-state index contributed by atoms with van der Waals surface area (Å²) in [5.74, 6) is -0.189. The first-order chi connectivity index (χ1) is 11.9. The third-order valence-corrected chi connectivity index (χ3v) is 4.05. The van der Waals surface area contributed by atoms with E-state index in [1.165, 1.54) is 0 Å². The molecule has 0 aromatic heterocycles. The van der Waals surface area contributed by atoms with E-state index in [4.69, 9.17) is 32.7 Å². The molecule has 0 heterocycles. The van der Waals surface area contributed by atoms with E-state index in [0.29, 0.717) is 23.4 Å². The van der Waals surface area contributed by atoms with E-state index >= 15 is 0 Å². The van der Waals surface area contributed by atoms with Crippen LogP contribution in [-0.4, -0.2) is 18.5 Å². The summed E-state index contributed by atoms with van der Waals surface area (Å²) in [5.41, 5.74) is 0. The molecule has 134 valence electrons. The molecule has 4 nitrogen and oxygen atoms in total. The Bertz CT molecular complexity index is 771. The highest BCUT2D eigenvalue weighted by Gasteiger charge is 2.15. The fourth-order valence-corrected chi connectivity index (χ4v) is 2.83. The fraction of sp³-hybridized carbons (Fsp3) is 0.368. The molecule has 6 heteroatoms. The van der Waals surface area contributed by atoms with Crippen LogP contribution in [0.5, 0.6) is 5.75 Å². The molecule has 25 heavy (non-hydrogen) atoms. The molecule has 0 radical (unpaired) electrons. The van der Waals surface area contributed by atoms with Gasteiger partial charge in [0.05, 0.1) is 16.7 Å². The Morgan fingerprint density at radius 1 is 1.00 bits per heavy atom. The van der Waals surface area contributed by atoms with Gasteiger partial charge in [-0.2, -0.15) is 0 Å². The van der Waals surface area contributed by atoms with Crippen molar-refractivity contribution in [1.82, 2.24) is 0 Å². The Morgan fingerprint density at radius 3 is 2.32 bits per heavy atom. The summed E-state index contributed by atoms with van der Waals surface area (Å²) in [7, 11) is 0. The van der Waals surface area contributed by atoms with Crippen molar-refractivity contribution in [3.8, 4) is 5.75 Å². The maximum Gasteiger partial charge on any atom is 0.311 e. The molecule has 0 fully saturated rings. The predicted octanol–water partition coefficient (Wildman–Crippen LogP) is 5.42. The smallest absolute Gasteiger partial charge is 0.311 e. The second-order valence-corrected chi connectivity index (χ2v) is 6.93. The lowest BCUT2D eigenvalue weighted by Crippen LogP contribution is -2.12. The van der Waals surface area contributed by atoms with E-state index in [9.17, 15) is 9.59 Å². The van der Waals surface area contributed by atoms with E-state index in [1.54, 1.807) is 12.1 Å². The average Bonchev–Trinajstić information content (AvgIpc) is 2.57. The Kier molecular flexibility index (Phi) is 7.09. The fourth-order valence-electron chi connectivity index (χ4n) is 2.25. The Morgan fingerprint density at radius 2 is 1.64 bits per heavy atom. The van der Waals surface area contributed by atoms with Gasteiger partial charge in [-0.1, -0.05) is 61.3 Å². The molecule has 0 bridgehead atoms. The number of benzene rings is 2. The van der Waals surface area contributed by atoms with Crippen molar-refractivity contribution >= 4 is 45.9 Å². The number of fused-ring (bicyclic) bond motifs is 1. The molecule has 2 aromatic rings. The molecule has 2 aromatic carbocycles. The summed E-state index contributed by atoms with van der Waals surface area (Å²) < 4.78 is 10.5. The normalized spacial score (nSPS) is 10.9. The van der Waals surface area contributed by atoms with Crippen LogP contribution < -0.4 is 4.74 Å². The molecular formula is C19H20Cl2O4. The number of halogens is 2. The maximum absolute atomic E-state index is 12.1. The number of hydrogen-bond donors (Lipinski definition) is 0. The zero-order chi connectivity index (χ0) is 18.4. The minimum absolute atomic E-state index is 0.101. The molecule has 0 saturated heterocycles. The first kappa shape index (κ1) is 19.5. The number of carbonyl (C=O) groups excluding carboxylic acids is 2. The lowest BCUT2D eigenvalue weighted by molar-refractivity contribution is -0.145. The summed E-state index contributed by atoms with van der Waals surface area (Å²) >= 11 is 12.3. The maximum atomic E-state index is 12.1. The number of rotatable bonds is 7. The first-order valence-electron chi connectivity index (χ1n) is 8.11. The van der Waals surface area contributed by atoms with Crippen molar-refractivity contribution in [2.24, 2.45) is 5.92 Å². The van der Waals surface area contributed by atoms with Gasteiger partial charge in [0.15, 0.2) is 5.75 Å². The quantitative estimate of drug-likeness (QED) is 0.473. The van der Waals surface area contributed by atoms with Gasteiger partial charge in [0, 0.05) is 23.6 Å². The van der Waals surface area contributed by atoms with Crippen molar-refractivity contribution in [2.75, 3.05) is 6.61 Å². The molecular weight excluding hydrogens is 363 g/mol. The summed E-state index contributed by atoms with van der Waals surface area (Å²) in [5, 5.41) is 2.19. The SMILES string of the molecule is CC(C)COC(=O)CCCC(=O)Oc1c(Cl)cc(Cl)c2ccccc12. The third kappa shape index (κ3) is 5.62. The Labute approximate surface area is 157 Å². The van der Waals surface area contributed by atoms with Crippen LogP contribution in [0.4, 0.5) is 0 Å². The monoisotopic (exact) mass is 382 g/mol. The van der Waals surface area contributed by atoms with Crippen LogP contribution in [0.15, 0.2) is 30.3 Å². The topological polar surface area (TPSA) is 52.6 Å². The highest BCUT2D eigenvalue weighted by molar-refractivity contribution is 6.40. The zero-order valence-electron chi connectivity index (χ0n) is 14.2. The number of hydrogen-bond acceptors (Lipinski definition) is 4. The van der Waals surface area contributed by atoms with Gasteiger partial charge in [-0.25, -0.2) is 0 Å². The van der Waals surface area contributed by atoms with E-state index in [1.807, 2.05) is 32.0 Å². The van der Waals surface area contributed by atoms with Gasteiger partial charge in [0.2, 0.25) is 0 Å². The Hall–Kier alpha value is -1.78. The van der Waals surface area contributed by atoms with E-state index in [2.05, 4.69) is 0 Å². The molecule has 0 atom stereocenters. The largest absolute Gasteiger partial charge is 0.465 e. The average molecular weight is 383 g/mol. The van der Waals surface area contributed by atoms with Crippen molar-refractivity contribution in [3.05, 3.63) is 40.4 Å². The van der Waals surface area contributed by atoms with Crippen LogP contribution in [0.25, 0.3) is 10.8 Å². The third-order valence-electron chi connectivity index (χ3n) is 3.45. The summed E-state index contributed by atoms with van der Waals surface area (Å²) in [6, 6.07) is 8.83. The second kappa shape index (κ2) is 9.07. The van der Waals surface area contributed by atoms with Crippen molar-refractivity contribution in [3.63, 3.8) is 0 Å². The Balaban J connectivity index is 1.95. The van der Waals surface area contributed by atoms with Gasteiger partial charge in [-0.15, -0.1) is 0 Å². The number of esters is 2. The molecule has 0 aliphatic rings. The van der Waals surface area contributed by atoms with Gasteiger partial charge in [0.1, 0.15) is 0 Å².